The Labute approximate surface area is 170 Å². The van der Waals surface area contributed by atoms with Gasteiger partial charge in [0.05, 0.1) is 29.2 Å². The first-order valence-corrected chi connectivity index (χ1v) is 9.66. The van der Waals surface area contributed by atoms with E-state index in [1.54, 1.807) is 19.5 Å². The standard InChI is InChI=1S/C18H26Cl2N6O/c1-4-17-25-23-12-26(17)9-7-21-18(22-8-10-27-3)24-13(2)14-5-6-15(19)16(20)11-14/h5-6,11-13H,4,7-10H2,1-3H3,(H2,21,22,24). The van der Waals surface area contributed by atoms with E-state index in [1.807, 2.05) is 23.6 Å². The molecule has 0 saturated carbocycles. The molecule has 0 saturated heterocycles. The van der Waals surface area contributed by atoms with Crippen LogP contribution < -0.4 is 10.6 Å². The molecule has 0 aliphatic carbocycles. The number of halogens is 2. The second-order valence-electron chi connectivity index (χ2n) is 5.98. The Hall–Kier alpha value is -1.83. The first kappa shape index (κ1) is 21.5. The molecule has 2 aromatic rings. The van der Waals surface area contributed by atoms with Crippen LogP contribution in [0.3, 0.4) is 0 Å². The van der Waals surface area contributed by atoms with Crippen molar-refractivity contribution in [3.05, 3.63) is 46.0 Å². The summed E-state index contributed by atoms with van der Waals surface area (Å²) in [6.45, 7) is 6.67. The Balaban J connectivity index is 1.98. The number of benzene rings is 1. The van der Waals surface area contributed by atoms with Gasteiger partial charge in [0.25, 0.3) is 0 Å². The highest BCUT2D eigenvalue weighted by molar-refractivity contribution is 6.42. The van der Waals surface area contributed by atoms with E-state index in [9.17, 15) is 0 Å². The van der Waals surface area contributed by atoms with E-state index in [1.165, 1.54) is 0 Å². The summed E-state index contributed by atoms with van der Waals surface area (Å²) in [5, 5.41) is 15.9. The van der Waals surface area contributed by atoms with Crippen molar-refractivity contribution in [2.24, 2.45) is 4.99 Å². The number of hydrogen-bond donors (Lipinski definition) is 2. The molecule has 0 fully saturated rings. The van der Waals surface area contributed by atoms with Crippen LogP contribution in [0.4, 0.5) is 0 Å². The zero-order valence-corrected chi connectivity index (χ0v) is 17.4. The Kier molecular flexibility index (Phi) is 8.84. The summed E-state index contributed by atoms with van der Waals surface area (Å²) >= 11 is 12.1. The second-order valence-corrected chi connectivity index (χ2v) is 6.80. The first-order chi connectivity index (χ1) is 13.0. The third-order valence-electron chi connectivity index (χ3n) is 4.02. The van der Waals surface area contributed by atoms with E-state index in [0.29, 0.717) is 35.7 Å². The predicted molar refractivity (Wildman–Crippen MR) is 110 cm³/mol. The molecule has 1 aromatic carbocycles. The van der Waals surface area contributed by atoms with Crippen LogP contribution in [0, 0.1) is 0 Å². The van der Waals surface area contributed by atoms with Gasteiger partial charge >= 0.3 is 0 Å². The van der Waals surface area contributed by atoms with Crippen LogP contribution in [0.15, 0.2) is 29.5 Å². The quantitative estimate of drug-likeness (QED) is 0.375. The number of aromatic nitrogens is 3. The van der Waals surface area contributed by atoms with Crippen LogP contribution in [0.1, 0.15) is 31.3 Å². The summed E-state index contributed by atoms with van der Waals surface area (Å²) in [6.07, 6.45) is 2.59. The molecule has 27 heavy (non-hydrogen) atoms. The molecule has 1 heterocycles. The van der Waals surface area contributed by atoms with Crippen molar-refractivity contribution >= 4 is 29.2 Å². The Morgan fingerprint density at radius 3 is 2.85 bits per heavy atom. The van der Waals surface area contributed by atoms with Gasteiger partial charge in [-0.1, -0.05) is 36.2 Å². The van der Waals surface area contributed by atoms with E-state index < -0.39 is 0 Å². The van der Waals surface area contributed by atoms with Gasteiger partial charge in [0.15, 0.2) is 5.96 Å². The highest BCUT2D eigenvalue weighted by Gasteiger charge is 2.10. The maximum absolute atomic E-state index is 6.13. The van der Waals surface area contributed by atoms with Crippen LogP contribution in [0.25, 0.3) is 0 Å². The molecule has 148 valence electrons. The number of guanidine groups is 1. The number of rotatable bonds is 9. The van der Waals surface area contributed by atoms with Gasteiger partial charge < -0.3 is 19.9 Å². The van der Waals surface area contributed by atoms with E-state index in [0.717, 1.165) is 24.4 Å². The van der Waals surface area contributed by atoms with Crippen molar-refractivity contribution in [1.82, 2.24) is 25.4 Å². The van der Waals surface area contributed by atoms with Gasteiger partial charge in [-0.3, -0.25) is 4.99 Å². The van der Waals surface area contributed by atoms with Crippen LogP contribution in [-0.2, 0) is 17.7 Å². The lowest BCUT2D eigenvalue weighted by Gasteiger charge is -2.19. The molecule has 0 aliphatic rings. The van der Waals surface area contributed by atoms with Crippen molar-refractivity contribution in [3.63, 3.8) is 0 Å². The summed E-state index contributed by atoms with van der Waals surface area (Å²) in [7, 11) is 1.66. The SMILES string of the molecule is CCc1nncn1CCNC(=NCCOC)NC(C)c1ccc(Cl)c(Cl)c1. The minimum atomic E-state index is 0.00896. The van der Waals surface area contributed by atoms with Crippen molar-refractivity contribution in [1.29, 1.82) is 0 Å². The number of hydrogen-bond acceptors (Lipinski definition) is 4. The fraction of sp³-hybridized carbons (Fsp3) is 0.500. The Morgan fingerprint density at radius 2 is 2.15 bits per heavy atom. The van der Waals surface area contributed by atoms with Gasteiger partial charge in [0.2, 0.25) is 0 Å². The maximum Gasteiger partial charge on any atom is 0.191 e. The number of ether oxygens (including phenoxy) is 1. The molecule has 2 N–H and O–H groups in total. The molecule has 1 atom stereocenters. The van der Waals surface area contributed by atoms with Crippen molar-refractivity contribution in [2.45, 2.75) is 32.9 Å². The summed E-state index contributed by atoms with van der Waals surface area (Å²) in [5.41, 5.74) is 1.03. The molecule has 0 aliphatic heterocycles. The Bertz CT molecular complexity index is 749. The van der Waals surface area contributed by atoms with Gasteiger partial charge in [-0.25, -0.2) is 0 Å². The Morgan fingerprint density at radius 1 is 1.33 bits per heavy atom. The van der Waals surface area contributed by atoms with E-state index in [4.69, 9.17) is 27.9 Å². The molecule has 0 spiro atoms. The van der Waals surface area contributed by atoms with Gasteiger partial charge in [0.1, 0.15) is 12.2 Å². The van der Waals surface area contributed by atoms with Crippen molar-refractivity contribution in [3.8, 4) is 0 Å². The van der Waals surface area contributed by atoms with Crippen molar-refractivity contribution < 1.29 is 4.74 Å². The minimum absolute atomic E-state index is 0.00896. The average molecular weight is 413 g/mol. The van der Waals surface area contributed by atoms with Gasteiger partial charge in [-0.15, -0.1) is 10.2 Å². The first-order valence-electron chi connectivity index (χ1n) is 8.90. The lowest BCUT2D eigenvalue weighted by Crippen LogP contribution is -2.40. The van der Waals surface area contributed by atoms with Crippen molar-refractivity contribution in [2.75, 3.05) is 26.8 Å². The average Bonchev–Trinajstić information content (AvgIpc) is 3.11. The molecule has 9 heteroatoms. The van der Waals surface area contributed by atoms with E-state index in [-0.39, 0.29) is 6.04 Å². The second kappa shape index (κ2) is 11.1. The highest BCUT2D eigenvalue weighted by Crippen LogP contribution is 2.25. The highest BCUT2D eigenvalue weighted by atomic mass is 35.5. The number of aryl methyl sites for hydroxylation is 1. The summed E-state index contributed by atoms with van der Waals surface area (Å²) in [6, 6.07) is 5.61. The molecular formula is C18H26Cl2N6O. The molecule has 2 rings (SSSR count). The van der Waals surface area contributed by atoms with E-state index >= 15 is 0 Å². The van der Waals surface area contributed by atoms with Gasteiger partial charge in [0, 0.05) is 26.6 Å². The van der Waals surface area contributed by atoms with Crippen LogP contribution in [0.5, 0.6) is 0 Å². The van der Waals surface area contributed by atoms with Crippen LogP contribution in [0.2, 0.25) is 10.0 Å². The molecule has 0 bridgehead atoms. The summed E-state index contributed by atoms with van der Waals surface area (Å²) in [5.74, 6) is 1.67. The maximum atomic E-state index is 6.13. The number of nitrogens with one attached hydrogen (secondary N) is 2. The third-order valence-corrected chi connectivity index (χ3v) is 4.76. The predicted octanol–water partition coefficient (Wildman–Crippen LogP) is 3.09. The molecular weight excluding hydrogens is 387 g/mol. The molecule has 0 radical (unpaired) electrons. The van der Waals surface area contributed by atoms with Crippen LogP contribution >= 0.6 is 23.2 Å². The van der Waals surface area contributed by atoms with Crippen LogP contribution in [-0.4, -0.2) is 47.5 Å². The zero-order valence-electron chi connectivity index (χ0n) is 15.9. The normalized spacial score (nSPS) is 12.9. The number of methoxy groups -OCH3 is 1. The fourth-order valence-electron chi connectivity index (χ4n) is 2.51. The third kappa shape index (κ3) is 6.68. The monoisotopic (exact) mass is 412 g/mol. The van der Waals surface area contributed by atoms with Gasteiger partial charge in [-0.05, 0) is 24.6 Å². The molecule has 1 unspecified atom stereocenters. The molecule has 7 nitrogen and oxygen atoms in total. The lowest BCUT2D eigenvalue weighted by molar-refractivity contribution is 0.208. The summed E-state index contributed by atoms with van der Waals surface area (Å²) < 4.78 is 7.12. The lowest BCUT2D eigenvalue weighted by atomic mass is 10.1. The van der Waals surface area contributed by atoms with E-state index in [2.05, 4.69) is 32.7 Å². The zero-order chi connectivity index (χ0) is 19.6. The fourth-order valence-corrected chi connectivity index (χ4v) is 2.81. The smallest absolute Gasteiger partial charge is 0.191 e. The molecule has 1 aromatic heterocycles. The number of aliphatic imine (C=N–C) groups is 1. The minimum Gasteiger partial charge on any atom is -0.383 e. The molecule has 0 amide bonds. The summed E-state index contributed by atoms with van der Waals surface area (Å²) in [4.78, 5) is 4.55. The number of nitrogens with zero attached hydrogens (tertiary/aromatic N) is 4. The largest absolute Gasteiger partial charge is 0.383 e. The topological polar surface area (TPSA) is 76.4 Å². The van der Waals surface area contributed by atoms with Gasteiger partial charge in [-0.2, -0.15) is 0 Å².